The molecule has 0 spiro atoms. The standard InChI is InChI=1S/C10H12FNO/c11-9-2-1-8(5-7(9)6-13)10(12)3-4-10/h1-2,5,13H,3-4,6,12H2. The monoisotopic (exact) mass is 181 g/mol. The molecule has 0 aromatic heterocycles. The van der Waals surface area contributed by atoms with E-state index in [0.29, 0.717) is 5.56 Å². The van der Waals surface area contributed by atoms with E-state index in [9.17, 15) is 4.39 Å². The second-order valence-corrected chi connectivity index (χ2v) is 3.62. The average Bonchev–Trinajstić information content (AvgIpc) is 2.86. The number of halogens is 1. The summed E-state index contributed by atoms with van der Waals surface area (Å²) < 4.78 is 13.0. The van der Waals surface area contributed by atoms with Crippen LogP contribution in [0.3, 0.4) is 0 Å². The van der Waals surface area contributed by atoms with Gasteiger partial charge in [-0.25, -0.2) is 4.39 Å². The van der Waals surface area contributed by atoms with Crippen LogP contribution in [0.4, 0.5) is 4.39 Å². The first-order valence-corrected chi connectivity index (χ1v) is 4.34. The molecule has 3 heteroatoms. The van der Waals surface area contributed by atoms with Crippen LogP contribution in [0, 0.1) is 5.82 Å². The van der Waals surface area contributed by atoms with Gasteiger partial charge in [0.1, 0.15) is 5.82 Å². The molecule has 0 aliphatic heterocycles. The number of rotatable bonds is 2. The molecule has 0 atom stereocenters. The molecule has 0 unspecified atom stereocenters. The molecule has 0 radical (unpaired) electrons. The van der Waals surface area contributed by atoms with Crippen molar-refractivity contribution in [3.8, 4) is 0 Å². The Morgan fingerprint density at radius 3 is 2.69 bits per heavy atom. The van der Waals surface area contributed by atoms with Gasteiger partial charge in [-0.05, 0) is 30.5 Å². The van der Waals surface area contributed by atoms with Crippen LogP contribution in [-0.4, -0.2) is 5.11 Å². The number of benzene rings is 1. The van der Waals surface area contributed by atoms with Gasteiger partial charge >= 0.3 is 0 Å². The summed E-state index contributed by atoms with van der Waals surface area (Å²) in [6, 6.07) is 4.72. The van der Waals surface area contributed by atoms with Gasteiger partial charge < -0.3 is 10.8 Å². The van der Waals surface area contributed by atoms with Crippen LogP contribution < -0.4 is 5.73 Å². The summed E-state index contributed by atoms with van der Waals surface area (Å²) in [6.45, 7) is -0.268. The van der Waals surface area contributed by atoms with Crippen molar-refractivity contribution in [2.24, 2.45) is 5.73 Å². The van der Waals surface area contributed by atoms with Gasteiger partial charge in [0.2, 0.25) is 0 Å². The summed E-state index contributed by atoms with van der Waals surface area (Å²) >= 11 is 0. The van der Waals surface area contributed by atoms with Gasteiger partial charge in [-0.2, -0.15) is 0 Å². The van der Waals surface area contributed by atoms with Crippen LogP contribution in [0.5, 0.6) is 0 Å². The first-order chi connectivity index (χ1) is 6.15. The predicted octanol–water partition coefficient (Wildman–Crippen LogP) is 1.27. The fourth-order valence-electron chi connectivity index (χ4n) is 1.43. The summed E-state index contributed by atoms with van der Waals surface area (Å²) in [4.78, 5) is 0. The van der Waals surface area contributed by atoms with Crippen LogP contribution in [-0.2, 0) is 12.1 Å². The quantitative estimate of drug-likeness (QED) is 0.721. The topological polar surface area (TPSA) is 46.2 Å². The first kappa shape index (κ1) is 8.66. The van der Waals surface area contributed by atoms with Gasteiger partial charge in [0, 0.05) is 11.1 Å². The van der Waals surface area contributed by atoms with Crippen molar-refractivity contribution < 1.29 is 9.50 Å². The lowest BCUT2D eigenvalue weighted by Gasteiger charge is -2.10. The third-order valence-electron chi connectivity index (χ3n) is 2.58. The number of aliphatic hydroxyl groups excluding tert-OH is 1. The molecule has 70 valence electrons. The lowest BCUT2D eigenvalue weighted by atomic mass is 10.0. The van der Waals surface area contributed by atoms with Gasteiger partial charge in [0.15, 0.2) is 0 Å². The highest BCUT2D eigenvalue weighted by Crippen LogP contribution is 2.42. The summed E-state index contributed by atoms with van der Waals surface area (Å²) in [5.41, 5.74) is 6.94. The molecule has 1 aromatic carbocycles. The Morgan fingerprint density at radius 2 is 2.15 bits per heavy atom. The normalized spacial score (nSPS) is 18.7. The Bertz CT molecular complexity index is 334. The van der Waals surface area contributed by atoms with Crippen LogP contribution >= 0.6 is 0 Å². The SMILES string of the molecule is NC1(c2ccc(F)c(CO)c2)CC1. The van der Waals surface area contributed by atoms with Crippen LogP contribution in [0.2, 0.25) is 0 Å². The average molecular weight is 181 g/mol. The Labute approximate surface area is 76.2 Å². The van der Waals surface area contributed by atoms with Gasteiger partial charge in [-0.15, -0.1) is 0 Å². The van der Waals surface area contributed by atoms with Crippen LogP contribution in [0.1, 0.15) is 24.0 Å². The van der Waals surface area contributed by atoms with Gasteiger partial charge in [0.25, 0.3) is 0 Å². The molecule has 0 bridgehead atoms. The van der Waals surface area contributed by atoms with Crippen molar-refractivity contribution in [2.45, 2.75) is 25.0 Å². The molecule has 1 fully saturated rings. The van der Waals surface area contributed by atoms with E-state index in [-0.39, 0.29) is 18.0 Å². The first-order valence-electron chi connectivity index (χ1n) is 4.34. The van der Waals surface area contributed by atoms with Crippen LogP contribution in [0.15, 0.2) is 18.2 Å². The number of aliphatic hydroxyl groups is 1. The number of nitrogens with two attached hydrogens (primary N) is 1. The zero-order valence-corrected chi connectivity index (χ0v) is 7.26. The molecular formula is C10H12FNO. The van der Waals surface area contributed by atoms with Gasteiger partial charge in [-0.3, -0.25) is 0 Å². The summed E-state index contributed by atoms with van der Waals surface area (Å²) in [5, 5.41) is 8.85. The Morgan fingerprint density at radius 1 is 1.46 bits per heavy atom. The molecule has 2 rings (SSSR count). The Balaban J connectivity index is 2.39. The summed E-state index contributed by atoms with van der Waals surface area (Å²) in [6.07, 6.45) is 1.90. The van der Waals surface area contributed by atoms with Crippen molar-refractivity contribution in [1.82, 2.24) is 0 Å². The van der Waals surface area contributed by atoms with Crippen molar-refractivity contribution in [1.29, 1.82) is 0 Å². The van der Waals surface area contributed by atoms with Crippen molar-refractivity contribution >= 4 is 0 Å². The maximum absolute atomic E-state index is 13.0. The smallest absolute Gasteiger partial charge is 0.128 e. The highest BCUT2D eigenvalue weighted by molar-refractivity contribution is 5.33. The number of hydrogen-bond donors (Lipinski definition) is 2. The molecule has 0 saturated heterocycles. The zero-order valence-electron chi connectivity index (χ0n) is 7.26. The molecule has 1 aliphatic carbocycles. The maximum atomic E-state index is 13.0. The molecule has 1 aromatic rings. The largest absolute Gasteiger partial charge is 0.392 e. The Hall–Kier alpha value is -0.930. The molecule has 3 N–H and O–H groups in total. The van der Waals surface area contributed by atoms with E-state index in [4.69, 9.17) is 10.8 Å². The molecule has 1 saturated carbocycles. The fraction of sp³-hybridized carbons (Fsp3) is 0.400. The van der Waals surface area contributed by atoms with E-state index in [2.05, 4.69) is 0 Å². The minimum Gasteiger partial charge on any atom is -0.392 e. The van der Waals surface area contributed by atoms with Crippen molar-refractivity contribution in [3.05, 3.63) is 35.1 Å². The van der Waals surface area contributed by atoms with E-state index in [1.807, 2.05) is 0 Å². The minimum absolute atomic E-state index is 0.252. The highest BCUT2D eigenvalue weighted by atomic mass is 19.1. The fourth-order valence-corrected chi connectivity index (χ4v) is 1.43. The highest BCUT2D eigenvalue weighted by Gasteiger charge is 2.40. The molecule has 13 heavy (non-hydrogen) atoms. The third kappa shape index (κ3) is 1.45. The summed E-state index contributed by atoms with van der Waals surface area (Å²) in [7, 11) is 0. The second-order valence-electron chi connectivity index (χ2n) is 3.62. The maximum Gasteiger partial charge on any atom is 0.128 e. The second kappa shape index (κ2) is 2.79. The van der Waals surface area contributed by atoms with E-state index in [1.165, 1.54) is 6.07 Å². The lowest BCUT2D eigenvalue weighted by Crippen LogP contribution is -2.19. The summed E-state index contributed by atoms with van der Waals surface area (Å²) in [5.74, 6) is -0.365. The zero-order chi connectivity index (χ0) is 9.47. The van der Waals surface area contributed by atoms with Gasteiger partial charge in [-0.1, -0.05) is 6.07 Å². The minimum atomic E-state index is -0.365. The predicted molar refractivity (Wildman–Crippen MR) is 47.4 cm³/mol. The molecule has 0 amide bonds. The van der Waals surface area contributed by atoms with Crippen molar-refractivity contribution in [2.75, 3.05) is 0 Å². The van der Waals surface area contributed by atoms with Gasteiger partial charge in [0.05, 0.1) is 6.61 Å². The molecule has 0 heterocycles. The van der Waals surface area contributed by atoms with Crippen molar-refractivity contribution in [3.63, 3.8) is 0 Å². The van der Waals surface area contributed by atoms with Crippen LogP contribution in [0.25, 0.3) is 0 Å². The van der Waals surface area contributed by atoms with E-state index in [1.54, 1.807) is 12.1 Å². The molecular weight excluding hydrogens is 169 g/mol. The molecule has 2 nitrogen and oxygen atoms in total. The Kier molecular flexibility index (Phi) is 1.86. The molecule has 1 aliphatic rings. The van der Waals surface area contributed by atoms with E-state index >= 15 is 0 Å². The lowest BCUT2D eigenvalue weighted by molar-refractivity contribution is 0.275. The van der Waals surface area contributed by atoms with E-state index in [0.717, 1.165) is 18.4 Å². The van der Waals surface area contributed by atoms with E-state index < -0.39 is 0 Å². The third-order valence-corrected chi connectivity index (χ3v) is 2.58. The number of hydrogen-bond acceptors (Lipinski definition) is 2.